The van der Waals surface area contributed by atoms with E-state index < -0.39 is 17.7 Å². The molecule has 192 valence electrons. The first-order chi connectivity index (χ1) is 17.2. The Morgan fingerprint density at radius 1 is 1.14 bits per heavy atom. The summed E-state index contributed by atoms with van der Waals surface area (Å²) in [7, 11) is 3.03. The number of ether oxygens (including phenoxy) is 3. The highest BCUT2D eigenvalue weighted by Crippen LogP contribution is 2.43. The van der Waals surface area contributed by atoms with Gasteiger partial charge in [-0.25, -0.2) is 0 Å². The second kappa shape index (κ2) is 10.2. The van der Waals surface area contributed by atoms with Crippen LogP contribution in [0, 0.1) is 6.92 Å². The molecule has 2 aromatic carbocycles. The third-order valence-corrected chi connectivity index (χ3v) is 6.94. The minimum absolute atomic E-state index is 0.0227. The van der Waals surface area contributed by atoms with E-state index in [0.29, 0.717) is 29.0 Å². The summed E-state index contributed by atoms with van der Waals surface area (Å²) in [6.45, 7) is 6.65. The molecule has 0 spiro atoms. The number of carbonyl (C=O) groups excluding carboxylic acids is 2. The number of hydrogen-bond donors (Lipinski definition) is 2. The molecule has 2 unspecified atom stereocenters. The largest absolute Gasteiger partial charge is 0.507 e. The molecular formula is C28H33NO7. The molecule has 4 rings (SSSR count). The van der Waals surface area contributed by atoms with Crippen molar-refractivity contribution in [3.8, 4) is 17.2 Å². The fraction of sp³-hybridized carbons (Fsp3) is 0.429. The number of rotatable bonds is 7. The van der Waals surface area contributed by atoms with Crippen LogP contribution in [-0.4, -0.2) is 60.3 Å². The zero-order chi connectivity index (χ0) is 26.1. The van der Waals surface area contributed by atoms with Crippen LogP contribution in [0.5, 0.6) is 17.2 Å². The number of hydrogen-bond acceptors (Lipinski definition) is 7. The van der Waals surface area contributed by atoms with E-state index in [9.17, 15) is 19.8 Å². The Balaban J connectivity index is 1.90. The normalized spacial score (nSPS) is 21.4. The molecule has 1 amide bonds. The van der Waals surface area contributed by atoms with Gasteiger partial charge in [0.25, 0.3) is 11.7 Å². The van der Waals surface area contributed by atoms with E-state index in [1.54, 1.807) is 19.2 Å². The molecule has 0 aliphatic carbocycles. The third kappa shape index (κ3) is 4.53. The lowest BCUT2D eigenvalue weighted by atomic mass is 9.91. The van der Waals surface area contributed by atoms with Gasteiger partial charge in [0.05, 0.1) is 31.9 Å². The molecule has 0 saturated carbocycles. The molecule has 2 aliphatic heterocycles. The van der Waals surface area contributed by atoms with Crippen molar-refractivity contribution in [1.82, 2.24) is 4.90 Å². The number of phenols is 1. The van der Waals surface area contributed by atoms with E-state index in [-0.39, 0.29) is 41.4 Å². The summed E-state index contributed by atoms with van der Waals surface area (Å²) >= 11 is 0. The van der Waals surface area contributed by atoms with Gasteiger partial charge in [-0.1, -0.05) is 19.9 Å². The van der Waals surface area contributed by atoms with Gasteiger partial charge in [0.15, 0.2) is 11.5 Å². The zero-order valence-corrected chi connectivity index (χ0v) is 21.3. The molecule has 2 fully saturated rings. The monoisotopic (exact) mass is 495 g/mol. The molecule has 2 aliphatic rings. The molecule has 0 bridgehead atoms. The summed E-state index contributed by atoms with van der Waals surface area (Å²) in [5, 5.41) is 22.0. The predicted octanol–water partition coefficient (Wildman–Crippen LogP) is 4.44. The average Bonchev–Trinajstić information content (AvgIpc) is 3.45. The Hall–Kier alpha value is -3.52. The second-order valence-corrected chi connectivity index (χ2v) is 9.58. The van der Waals surface area contributed by atoms with Gasteiger partial charge in [-0.2, -0.15) is 0 Å². The second-order valence-electron chi connectivity index (χ2n) is 9.58. The van der Waals surface area contributed by atoms with Crippen LogP contribution in [0.2, 0.25) is 0 Å². The SMILES string of the molecule is COc1ccc(C2/C(=C(\O)c3cc(C(C)C)c(OC)cc3C)C(=O)C(=O)N2CC2CCCO2)cc1O. The Morgan fingerprint density at radius 3 is 2.44 bits per heavy atom. The molecule has 0 aromatic heterocycles. The summed E-state index contributed by atoms with van der Waals surface area (Å²) < 4.78 is 16.4. The first kappa shape index (κ1) is 25.6. The zero-order valence-electron chi connectivity index (χ0n) is 21.3. The quantitative estimate of drug-likeness (QED) is 0.332. The van der Waals surface area contributed by atoms with Gasteiger partial charge >= 0.3 is 0 Å². The minimum Gasteiger partial charge on any atom is -0.507 e. The van der Waals surface area contributed by atoms with Gasteiger partial charge in [-0.15, -0.1) is 0 Å². The van der Waals surface area contributed by atoms with Crippen molar-refractivity contribution in [2.24, 2.45) is 0 Å². The van der Waals surface area contributed by atoms with Crippen molar-refractivity contribution >= 4 is 17.4 Å². The highest BCUT2D eigenvalue weighted by molar-refractivity contribution is 6.46. The molecule has 36 heavy (non-hydrogen) atoms. The molecule has 2 aromatic rings. The average molecular weight is 496 g/mol. The van der Waals surface area contributed by atoms with Crippen LogP contribution in [0.15, 0.2) is 35.9 Å². The van der Waals surface area contributed by atoms with Gasteiger partial charge in [0, 0.05) is 18.7 Å². The first-order valence-corrected chi connectivity index (χ1v) is 12.1. The lowest BCUT2D eigenvalue weighted by Crippen LogP contribution is -2.36. The topological polar surface area (TPSA) is 106 Å². The van der Waals surface area contributed by atoms with Crippen LogP contribution in [0.1, 0.15) is 60.9 Å². The van der Waals surface area contributed by atoms with Crippen molar-refractivity contribution in [1.29, 1.82) is 0 Å². The molecule has 2 saturated heterocycles. The lowest BCUT2D eigenvalue weighted by Gasteiger charge is -2.28. The van der Waals surface area contributed by atoms with Crippen molar-refractivity contribution in [3.63, 3.8) is 0 Å². The number of Topliss-reactive ketones (excluding diaryl/α,β-unsaturated/α-hetero) is 1. The molecule has 8 nitrogen and oxygen atoms in total. The number of benzene rings is 2. The Bertz CT molecular complexity index is 1210. The number of aryl methyl sites for hydroxylation is 1. The van der Waals surface area contributed by atoms with E-state index in [1.165, 1.54) is 18.1 Å². The van der Waals surface area contributed by atoms with E-state index in [0.717, 1.165) is 18.4 Å². The van der Waals surface area contributed by atoms with E-state index in [1.807, 2.05) is 32.9 Å². The van der Waals surface area contributed by atoms with Crippen LogP contribution < -0.4 is 9.47 Å². The number of methoxy groups -OCH3 is 2. The van der Waals surface area contributed by atoms with Gasteiger partial charge in [-0.05, 0) is 66.6 Å². The van der Waals surface area contributed by atoms with Gasteiger partial charge in [-0.3, -0.25) is 9.59 Å². The van der Waals surface area contributed by atoms with Crippen LogP contribution in [0.3, 0.4) is 0 Å². The lowest BCUT2D eigenvalue weighted by molar-refractivity contribution is -0.140. The van der Waals surface area contributed by atoms with Crippen LogP contribution in [-0.2, 0) is 14.3 Å². The van der Waals surface area contributed by atoms with Crippen molar-refractivity contribution in [3.05, 3.63) is 58.2 Å². The number of amides is 1. The summed E-state index contributed by atoms with van der Waals surface area (Å²) in [6, 6.07) is 7.46. The number of nitrogens with zero attached hydrogens (tertiary/aromatic N) is 1. The van der Waals surface area contributed by atoms with Crippen molar-refractivity contribution in [2.75, 3.05) is 27.4 Å². The fourth-order valence-corrected chi connectivity index (χ4v) is 5.03. The number of aromatic hydroxyl groups is 1. The number of carbonyl (C=O) groups is 2. The van der Waals surface area contributed by atoms with E-state index in [4.69, 9.17) is 14.2 Å². The number of aliphatic hydroxyl groups is 1. The van der Waals surface area contributed by atoms with E-state index >= 15 is 0 Å². The van der Waals surface area contributed by atoms with Crippen LogP contribution in [0.25, 0.3) is 5.76 Å². The third-order valence-electron chi connectivity index (χ3n) is 6.94. The van der Waals surface area contributed by atoms with Gasteiger partial charge in [0.1, 0.15) is 11.5 Å². The number of likely N-dealkylation sites (tertiary alicyclic amines) is 1. The van der Waals surface area contributed by atoms with Crippen LogP contribution in [0.4, 0.5) is 0 Å². The molecule has 2 atom stereocenters. The summed E-state index contributed by atoms with van der Waals surface area (Å²) in [5.74, 6) is -0.805. The number of ketones is 1. The highest BCUT2D eigenvalue weighted by Gasteiger charge is 2.47. The first-order valence-electron chi connectivity index (χ1n) is 12.1. The smallest absolute Gasteiger partial charge is 0.295 e. The summed E-state index contributed by atoms with van der Waals surface area (Å²) in [6.07, 6.45) is 1.46. The number of aliphatic hydroxyl groups excluding tert-OH is 1. The molecular weight excluding hydrogens is 462 g/mol. The maximum atomic E-state index is 13.4. The van der Waals surface area contributed by atoms with E-state index in [2.05, 4.69) is 0 Å². The van der Waals surface area contributed by atoms with Gasteiger partial charge < -0.3 is 29.3 Å². The summed E-state index contributed by atoms with van der Waals surface area (Å²) in [5.41, 5.74) is 2.50. The summed E-state index contributed by atoms with van der Waals surface area (Å²) in [4.78, 5) is 28.1. The van der Waals surface area contributed by atoms with Crippen molar-refractivity contribution in [2.45, 2.75) is 51.7 Å². The Labute approximate surface area is 211 Å². The Morgan fingerprint density at radius 2 is 1.86 bits per heavy atom. The Kier molecular flexibility index (Phi) is 7.26. The van der Waals surface area contributed by atoms with Crippen molar-refractivity contribution < 1.29 is 34.0 Å². The molecule has 0 radical (unpaired) electrons. The minimum atomic E-state index is -0.894. The molecule has 2 N–H and O–H groups in total. The maximum Gasteiger partial charge on any atom is 0.295 e. The van der Waals surface area contributed by atoms with Gasteiger partial charge in [0.2, 0.25) is 0 Å². The molecule has 8 heteroatoms. The highest BCUT2D eigenvalue weighted by atomic mass is 16.5. The maximum absolute atomic E-state index is 13.4. The predicted molar refractivity (Wildman–Crippen MR) is 134 cm³/mol. The fourth-order valence-electron chi connectivity index (χ4n) is 5.03. The standard InChI is InChI=1S/C28H33NO7/c1-15(2)19-13-20(16(3)11-23(19)35-5)26(31)24-25(17-8-9-22(34-4)21(30)12-17)29(28(33)27(24)32)14-18-7-6-10-36-18/h8-9,11-13,15,18,25,30-31H,6-7,10,14H2,1-5H3/b26-24+. The molecule has 2 heterocycles. The number of phenolic OH excluding ortho intramolecular Hbond substituents is 1. The van der Waals surface area contributed by atoms with Crippen LogP contribution >= 0.6 is 0 Å².